The highest BCUT2D eigenvalue weighted by atomic mass is 16.5. The van der Waals surface area contributed by atoms with Crippen molar-refractivity contribution in [3.8, 4) is 0 Å². The lowest BCUT2D eigenvalue weighted by Crippen LogP contribution is -2.47. The molecule has 10 nitrogen and oxygen atoms in total. The normalized spacial score (nSPS) is 19.9. The number of carbonyl (C=O) groups is 1. The molecule has 1 amide bonds. The van der Waals surface area contributed by atoms with E-state index in [0.29, 0.717) is 37.2 Å². The van der Waals surface area contributed by atoms with Crippen LogP contribution < -0.4 is 15.5 Å². The second kappa shape index (κ2) is 11.5. The summed E-state index contributed by atoms with van der Waals surface area (Å²) in [6.07, 6.45) is 0.320. The maximum atomic E-state index is 13.1. The van der Waals surface area contributed by atoms with Crippen molar-refractivity contribution >= 4 is 17.7 Å². The van der Waals surface area contributed by atoms with Crippen LogP contribution in [0.4, 0.5) is 11.8 Å². The Bertz CT molecular complexity index is 1040. The first-order valence-corrected chi connectivity index (χ1v) is 13.0. The van der Waals surface area contributed by atoms with Gasteiger partial charge in [0.05, 0.1) is 25.4 Å². The Morgan fingerprint density at radius 3 is 2.61 bits per heavy atom. The van der Waals surface area contributed by atoms with Gasteiger partial charge in [0.2, 0.25) is 5.95 Å². The number of nitrogens with one attached hydrogen (secondary N) is 2. The summed E-state index contributed by atoms with van der Waals surface area (Å²) >= 11 is 0. The molecule has 5 rings (SSSR count). The Kier molecular flexibility index (Phi) is 7.96. The van der Waals surface area contributed by atoms with Gasteiger partial charge in [-0.3, -0.25) is 9.69 Å². The maximum Gasteiger partial charge on any atom is 0.270 e. The number of nitrogens with zero attached hydrogens (tertiary/aromatic N) is 5. The van der Waals surface area contributed by atoms with Gasteiger partial charge in [-0.1, -0.05) is 31.2 Å². The molecule has 36 heavy (non-hydrogen) atoms. The molecule has 3 aliphatic rings. The quantitative estimate of drug-likeness (QED) is 0.461. The zero-order chi connectivity index (χ0) is 24.9. The molecule has 0 bridgehead atoms. The van der Waals surface area contributed by atoms with Crippen LogP contribution >= 0.6 is 0 Å². The van der Waals surface area contributed by atoms with Crippen LogP contribution in [0.1, 0.15) is 28.5 Å². The van der Waals surface area contributed by atoms with Gasteiger partial charge >= 0.3 is 0 Å². The first-order chi connectivity index (χ1) is 17.6. The minimum Gasteiger partial charge on any atom is -0.390 e. The first-order valence-electron chi connectivity index (χ1n) is 13.0. The van der Waals surface area contributed by atoms with Crippen LogP contribution in [0, 0.1) is 0 Å². The number of ether oxygens (including phenoxy) is 1. The van der Waals surface area contributed by atoms with Gasteiger partial charge in [0.15, 0.2) is 0 Å². The molecule has 0 saturated carbocycles. The molecule has 2 fully saturated rings. The molecule has 1 aromatic carbocycles. The zero-order valence-corrected chi connectivity index (χ0v) is 21.0. The van der Waals surface area contributed by atoms with E-state index in [9.17, 15) is 9.90 Å². The number of rotatable bonds is 9. The van der Waals surface area contributed by atoms with E-state index in [1.807, 2.05) is 0 Å². The number of anilines is 2. The second-order valence-electron chi connectivity index (χ2n) is 9.86. The lowest BCUT2D eigenvalue weighted by Gasteiger charge is -2.34. The number of aromatic nitrogens is 2. The van der Waals surface area contributed by atoms with Crippen molar-refractivity contribution in [2.24, 2.45) is 0 Å². The summed E-state index contributed by atoms with van der Waals surface area (Å²) in [7, 11) is 0. The second-order valence-corrected chi connectivity index (χ2v) is 9.86. The van der Waals surface area contributed by atoms with Crippen molar-refractivity contribution in [3.63, 3.8) is 0 Å². The summed E-state index contributed by atoms with van der Waals surface area (Å²) in [5.41, 5.74) is 3.00. The first kappa shape index (κ1) is 24.9. The van der Waals surface area contributed by atoms with Gasteiger partial charge in [-0.2, -0.15) is 4.98 Å². The van der Waals surface area contributed by atoms with Crippen LogP contribution in [0.2, 0.25) is 0 Å². The highest BCUT2D eigenvalue weighted by molar-refractivity contribution is 5.93. The van der Waals surface area contributed by atoms with Crippen LogP contribution in [-0.4, -0.2) is 108 Å². The molecular formula is C26H37N7O3. The van der Waals surface area contributed by atoms with Crippen molar-refractivity contribution in [3.05, 3.63) is 47.2 Å². The molecule has 0 spiro atoms. The average molecular weight is 496 g/mol. The third-order valence-corrected chi connectivity index (χ3v) is 7.22. The lowest BCUT2D eigenvalue weighted by atomic mass is 10.00. The molecule has 0 radical (unpaired) electrons. The van der Waals surface area contributed by atoms with Gasteiger partial charge < -0.3 is 30.3 Å². The standard InChI is InChI=1S/C26H37N7O3/c1-2-31-9-11-33(12-10-31)26-29-23(13-24(30-26)28-21-17-36-18-21)25(35)27-14-22(34)16-32-8-7-19-5-3-4-6-20(19)15-32/h3-6,13,21-22,34H,2,7-12,14-18H2,1H3,(H,27,35)(H,28,29,30). The average Bonchev–Trinajstić information content (AvgIpc) is 2.89. The van der Waals surface area contributed by atoms with Crippen molar-refractivity contribution in [1.82, 2.24) is 25.1 Å². The Morgan fingerprint density at radius 1 is 1.11 bits per heavy atom. The van der Waals surface area contributed by atoms with Crippen LogP contribution in [-0.2, 0) is 17.7 Å². The highest BCUT2D eigenvalue weighted by Crippen LogP contribution is 2.20. The van der Waals surface area contributed by atoms with Gasteiger partial charge in [-0.05, 0) is 24.1 Å². The number of benzene rings is 1. The Labute approximate surface area is 212 Å². The van der Waals surface area contributed by atoms with Crippen LogP contribution in [0.25, 0.3) is 0 Å². The molecule has 4 heterocycles. The number of hydrogen-bond acceptors (Lipinski definition) is 9. The van der Waals surface area contributed by atoms with Gasteiger partial charge in [0.25, 0.3) is 5.91 Å². The van der Waals surface area contributed by atoms with E-state index in [4.69, 9.17) is 9.72 Å². The fourth-order valence-electron chi connectivity index (χ4n) is 4.93. The predicted octanol–water partition coefficient (Wildman–Crippen LogP) is 0.578. The minimum atomic E-state index is -0.660. The van der Waals surface area contributed by atoms with Crippen molar-refractivity contribution < 1.29 is 14.6 Å². The predicted molar refractivity (Wildman–Crippen MR) is 138 cm³/mol. The molecular weight excluding hydrogens is 458 g/mol. The van der Waals surface area contributed by atoms with Gasteiger partial charge in [-0.15, -0.1) is 0 Å². The summed E-state index contributed by atoms with van der Waals surface area (Å²) in [6, 6.07) is 10.3. The summed E-state index contributed by atoms with van der Waals surface area (Å²) in [6.45, 7) is 10.4. The van der Waals surface area contributed by atoms with Gasteiger partial charge in [0, 0.05) is 58.4 Å². The molecule has 3 N–H and O–H groups in total. The molecule has 1 unspecified atom stereocenters. The summed E-state index contributed by atoms with van der Waals surface area (Å²) < 4.78 is 5.27. The van der Waals surface area contributed by atoms with E-state index >= 15 is 0 Å². The Morgan fingerprint density at radius 2 is 1.89 bits per heavy atom. The number of fused-ring (bicyclic) bond motifs is 1. The third-order valence-electron chi connectivity index (χ3n) is 7.22. The van der Waals surface area contributed by atoms with Crippen molar-refractivity contribution in [2.45, 2.75) is 32.0 Å². The molecule has 194 valence electrons. The van der Waals surface area contributed by atoms with Gasteiger partial charge in [-0.25, -0.2) is 4.98 Å². The van der Waals surface area contributed by atoms with E-state index in [0.717, 1.165) is 52.2 Å². The van der Waals surface area contributed by atoms with E-state index in [2.05, 4.69) is 61.5 Å². The monoisotopic (exact) mass is 495 g/mol. The van der Waals surface area contributed by atoms with E-state index in [-0.39, 0.29) is 18.5 Å². The third kappa shape index (κ3) is 6.12. The van der Waals surface area contributed by atoms with E-state index < -0.39 is 6.10 Å². The van der Waals surface area contributed by atoms with Crippen molar-refractivity contribution in [2.75, 3.05) is 75.8 Å². The summed E-state index contributed by atoms with van der Waals surface area (Å²) in [5.74, 6) is 0.888. The van der Waals surface area contributed by atoms with E-state index in [1.54, 1.807) is 6.07 Å². The topological polar surface area (TPSA) is 106 Å². The van der Waals surface area contributed by atoms with Gasteiger partial charge in [0.1, 0.15) is 11.5 Å². The number of aliphatic hydroxyl groups is 1. The molecule has 1 aromatic heterocycles. The fourth-order valence-corrected chi connectivity index (χ4v) is 4.93. The summed E-state index contributed by atoms with van der Waals surface area (Å²) in [4.78, 5) is 29.1. The molecule has 1 atom stereocenters. The maximum absolute atomic E-state index is 13.1. The number of hydrogen-bond donors (Lipinski definition) is 3. The smallest absolute Gasteiger partial charge is 0.270 e. The zero-order valence-electron chi connectivity index (χ0n) is 21.0. The molecule has 3 aliphatic heterocycles. The number of β-amino-alcohol motifs (C(OH)–C–C–N with tert-alkyl or cyclic N) is 1. The number of piperazine rings is 1. The van der Waals surface area contributed by atoms with E-state index in [1.165, 1.54) is 11.1 Å². The number of amides is 1. The molecule has 0 aliphatic carbocycles. The van der Waals surface area contributed by atoms with Crippen molar-refractivity contribution in [1.29, 1.82) is 0 Å². The Hall–Kier alpha value is -2.79. The number of carbonyl (C=O) groups excluding carboxylic acids is 1. The largest absolute Gasteiger partial charge is 0.390 e. The van der Waals surface area contributed by atoms with Crippen LogP contribution in [0.5, 0.6) is 0 Å². The SMILES string of the molecule is CCN1CCN(c2nc(NC3COC3)cc(C(=O)NCC(O)CN3CCc4ccccc4C3)n2)CC1. The Balaban J connectivity index is 1.20. The summed E-state index contributed by atoms with van der Waals surface area (Å²) in [5, 5.41) is 16.9. The number of aliphatic hydroxyl groups excluding tert-OH is 1. The fraction of sp³-hybridized carbons (Fsp3) is 0.577. The van der Waals surface area contributed by atoms with Crippen LogP contribution in [0.3, 0.4) is 0 Å². The lowest BCUT2D eigenvalue weighted by molar-refractivity contribution is 0.0209. The molecule has 2 aromatic rings. The molecule has 2 saturated heterocycles. The minimum absolute atomic E-state index is 0.171. The molecule has 10 heteroatoms. The number of likely N-dealkylation sites (N-methyl/N-ethyl adjacent to an activating group) is 1. The van der Waals surface area contributed by atoms with Crippen LogP contribution in [0.15, 0.2) is 30.3 Å². The highest BCUT2D eigenvalue weighted by Gasteiger charge is 2.24.